The van der Waals surface area contributed by atoms with Crippen LogP contribution in [0.15, 0.2) is 54.6 Å². The van der Waals surface area contributed by atoms with Gasteiger partial charge in [0.25, 0.3) is 0 Å². The van der Waals surface area contributed by atoms with Gasteiger partial charge >= 0.3 is 6.09 Å². The second-order valence-corrected chi connectivity index (χ2v) is 5.03. The number of nitrogens with one attached hydrogen (secondary N) is 1. The van der Waals surface area contributed by atoms with Gasteiger partial charge in [0.05, 0.1) is 13.0 Å². The van der Waals surface area contributed by atoms with E-state index in [0.717, 1.165) is 11.3 Å². The van der Waals surface area contributed by atoms with E-state index >= 15 is 0 Å². The molecule has 0 bridgehead atoms. The zero-order valence-electron chi connectivity index (χ0n) is 12.0. The first-order valence-corrected chi connectivity index (χ1v) is 7.10. The van der Waals surface area contributed by atoms with Crippen molar-refractivity contribution >= 4 is 23.4 Å². The van der Waals surface area contributed by atoms with Crippen molar-refractivity contribution in [2.45, 2.75) is 6.42 Å². The van der Waals surface area contributed by atoms with Gasteiger partial charge in [0.2, 0.25) is 5.91 Å². The molecule has 2 amide bonds. The number of ether oxygens (including phenoxy) is 1. The number of amides is 2. The number of benzene rings is 2. The first-order valence-electron chi connectivity index (χ1n) is 7.10. The van der Waals surface area contributed by atoms with E-state index in [0.29, 0.717) is 25.3 Å². The molecule has 5 heteroatoms. The molecule has 0 unspecified atom stereocenters. The SMILES string of the molecule is O=C(Cc1ccccc1)Nc1cccc(N2CCOC2=O)c1. The summed E-state index contributed by atoms with van der Waals surface area (Å²) in [5, 5.41) is 2.85. The highest BCUT2D eigenvalue weighted by Gasteiger charge is 2.23. The van der Waals surface area contributed by atoms with Crippen LogP contribution >= 0.6 is 0 Å². The van der Waals surface area contributed by atoms with Crippen LogP contribution in [0.4, 0.5) is 16.2 Å². The number of carbonyl (C=O) groups excluding carboxylic acids is 2. The number of anilines is 2. The number of hydrogen-bond donors (Lipinski definition) is 1. The average molecular weight is 296 g/mol. The van der Waals surface area contributed by atoms with E-state index < -0.39 is 0 Å². The second-order valence-electron chi connectivity index (χ2n) is 5.03. The van der Waals surface area contributed by atoms with Crippen molar-refractivity contribution in [3.8, 4) is 0 Å². The summed E-state index contributed by atoms with van der Waals surface area (Å²) in [6.07, 6.45) is -0.0376. The lowest BCUT2D eigenvalue weighted by molar-refractivity contribution is -0.115. The molecule has 0 atom stereocenters. The van der Waals surface area contributed by atoms with Gasteiger partial charge < -0.3 is 10.1 Å². The van der Waals surface area contributed by atoms with Crippen molar-refractivity contribution in [3.63, 3.8) is 0 Å². The fourth-order valence-electron chi connectivity index (χ4n) is 2.37. The van der Waals surface area contributed by atoms with Gasteiger partial charge in [-0.1, -0.05) is 36.4 Å². The van der Waals surface area contributed by atoms with Gasteiger partial charge in [0.15, 0.2) is 0 Å². The van der Waals surface area contributed by atoms with Crippen LogP contribution in [-0.2, 0) is 16.0 Å². The van der Waals surface area contributed by atoms with E-state index in [9.17, 15) is 9.59 Å². The quantitative estimate of drug-likeness (QED) is 0.944. The molecule has 0 saturated carbocycles. The van der Waals surface area contributed by atoms with E-state index in [1.807, 2.05) is 36.4 Å². The van der Waals surface area contributed by atoms with Crippen LogP contribution < -0.4 is 10.2 Å². The van der Waals surface area contributed by atoms with Crippen LogP contribution in [0.5, 0.6) is 0 Å². The Hall–Kier alpha value is -2.82. The summed E-state index contributed by atoms with van der Waals surface area (Å²) >= 11 is 0. The lowest BCUT2D eigenvalue weighted by Crippen LogP contribution is -2.23. The number of nitrogens with zero attached hydrogens (tertiary/aromatic N) is 1. The van der Waals surface area contributed by atoms with Gasteiger partial charge in [0, 0.05) is 11.4 Å². The monoisotopic (exact) mass is 296 g/mol. The minimum absolute atomic E-state index is 0.0904. The summed E-state index contributed by atoms with van der Waals surface area (Å²) in [5.74, 6) is -0.0904. The van der Waals surface area contributed by atoms with Gasteiger partial charge in [-0.25, -0.2) is 4.79 Å². The number of carbonyl (C=O) groups is 2. The number of cyclic esters (lactones) is 1. The van der Waals surface area contributed by atoms with Crippen molar-refractivity contribution < 1.29 is 14.3 Å². The number of rotatable bonds is 4. The molecule has 1 N–H and O–H groups in total. The third-order valence-electron chi connectivity index (χ3n) is 3.41. The van der Waals surface area contributed by atoms with Crippen LogP contribution in [0.1, 0.15) is 5.56 Å². The van der Waals surface area contributed by atoms with E-state index in [4.69, 9.17) is 4.74 Å². The second kappa shape index (κ2) is 6.30. The first kappa shape index (κ1) is 14.1. The maximum Gasteiger partial charge on any atom is 0.414 e. The van der Waals surface area contributed by atoms with E-state index in [1.165, 1.54) is 0 Å². The molecule has 1 heterocycles. The molecule has 0 spiro atoms. The van der Waals surface area contributed by atoms with Crippen LogP contribution in [0, 0.1) is 0 Å². The van der Waals surface area contributed by atoms with Crippen LogP contribution in [-0.4, -0.2) is 25.2 Å². The minimum Gasteiger partial charge on any atom is -0.447 e. The molecule has 2 aromatic carbocycles. The molecule has 1 saturated heterocycles. The van der Waals surface area contributed by atoms with Crippen molar-refractivity contribution in [3.05, 3.63) is 60.2 Å². The molecule has 2 aromatic rings. The Balaban J connectivity index is 1.67. The Morgan fingerprint density at radius 2 is 1.95 bits per heavy atom. The maximum absolute atomic E-state index is 12.1. The third-order valence-corrected chi connectivity index (χ3v) is 3.41. The lowest BCUT2D eigenvalue weighted by Gasteiger charge is -2.14. The number of hydrogen-bond acceptors (Lipinski definition) is 3. The van der Waals surface area contributed by atoms with Crippen molar-refractivity contribution in [1.82, 2.24) is 0 Å². The average Bonchev–Trinajstić information content (AvgIpc) is 2.94. The molecule has 1 fully saturated rings. The zero-order valence-corrected chi connectivity index (χ0v) is 12.0. The Kier molecular flexibility index (Phi) is 4.05. The molecular weight excluding hydrogens is 280 g/mol. The molecular formula is C17H16N2O3. The molecule has 1 aliphatic heterocycles. The van der Waals surface area contributed by atoms with Gasteiger partial charge in [-0.15, -0.1) is 0 Å². The standard InChI is InChI=1S/C17H16N2O3/c20-16(11-13-5-2-1-3-6-13)18-14-7-4-8-15(12-14)19-9-10-22-17(19)21/h1-8,12H,9-11H2,(H,18,20). The van der Waals surface area contributed by atoms with Gasteiger partial charge in [-0.05, 0) is 23.8 Å². The summed E-state index contributed by atoms with van der Waals surface area (Å²) in [6.45, 7) is 0.920. The Morgan fingerprint density at radius 1 is 1.14 bits per heavy atom. The van der Waals surface area contributed by atoms with Crippen LogP contribution in [0.25, 0.3) is 0 Å². The van der Waals surface area contributed by atoms with Crippen LogP contribution in [0.2, 0.25) is 0 Å². The molecule has 3 rings (SSSR count). The Bertz CT molecular complexity index is 685. The molecule has 1 aliphatic rings. The van der Waals surface area contributed by atoms with Crippen molar-refractivity contribution in [2.75, 3.05) is 23.4 Å². The van der Waals surface area contributed by atoms with Crippen LogP contribution in [0.3, 0.4) is 0 Å². The maximum atomic E-state index is 12.1. The first-order chi connectivity index (χ1) is 10.7. The highest BCUT2D eigenvalue weighted by molar-refractivity contribution is 5.94. The molecule has 0 aromatic heterocycles. The van der Waals surface area contributed by atoms with Crippen molar-refractivity contribution in [1.29, 1.82) is 0 Å². The Labute approximate surface area is 128 Å². The zero-order chi connectivity index (χ0) is 15.4. The van der Waals surface area contributed by atoms with Crippen molar-refractivity contribution in [2.24, 2.45) is 0 Å². The molecule has 22 heavy (non-hydrogen) atoms. The van der Waals surface area contributed by atoms with E-state index in [1.54, 1.807) is 23.1 Å². The van der Waals surface area contributed by atoms with Gasteiger partial charge in [-0.2, -0.15) is 0 Å². The molecule has 0 radical (unpaired) electrons. The highest BCUT2D eigenvalue weighted by atomic mass is 16.6. The minimum atomic E-state index is -0.354. The predicted molar refractivity (Wildman–Crippen MR) is 83.9 cm³/mol. The Morgan fingerprint density at radius 3 is 2.68 bits per heavy atom. The summed E-state index contributed by atoms with van der Waals surface area (Å²) in [4.78, 5) is 25.2. The lowest BCUT2D eigenvalue weighted by atomic mass is 10.1. The van der Waals surface area contributed by atoms with E-state index in [-0.39, 0.29) is 12.0 Å². The molecule has 0 aliphatic carbocycles. The topological polar surface area (TPSA) is 58.6 Å². The van der Waals surface area contributed by atoms with Gasteiger partial charge in [0.1, 0.15) is 6.61 Å². The normalized spacial score (nSPS) is 13.8. The predicted octanol–water partition coefficient (Wildman–Crippen LogP) is 2.82. The summed E-state index contributed by atoms with van der Waals surface area (Å²) < 4.78 is 4.92. The molecule has 5 nitrogen and oxygen atoms in total. The third kappa shape index (κ3) is 3.25. The fraction of sp³-hybridized carbons (Fsp3) is 0.176. The van der Waals surface area contributed by atoms with Gasteiger partial charge in [-0.3, -0.25) is 9.69 Å². The molecule has 112 valence electrons. The summed E-state index contributed by atoms with van der Waals surface area (Å²) in [5.41, 5.74) is 2.34. The smallest absolute Gasteiger partial charge is 0.414 e. The summed E-state index contributed by atoms with van der Waals surface area (Å²) in [6, 6.07) is 16.7. The fourth-order valence-corrected chi connectivity index (χ4v) is 2.37. The van der Waals surface area contributed by atoms with E-state index in [2.05, 4.69) is 5.32 Å². The highest BCUT2D eigenvalue weighted by Crippen LogP contribution is 2.22. The largest absolute Gasteiger partial charge is 0.447 e. The summed E-state index contributed by atoms with van der Waals surface area (Å²) in [7, 11) is 0.